The highest BCUT2D eigenvalue weighted by Gasteiger charge is 2.15. The molecular weight excluding hydrogens is 226 g/mol. The van der Waals surface area contributed by atoms with Crippen molar-refractivity contribution >= 4 is 0 Å². The predicted octanol–water partition coefficient (Wildman–Crippen LogP) is 1.33. The minimum absolute atomic E-state index is 0.706. The maximum absolute atomic E-state index is 4.48. The Kier molecular flexibility index (Phi) is 3.06. The first kappa shape index (κ1) is 11.3. The zero-order valence-corrected chi connectivity index (χ0v) is 10.5. The summed E-state index contributed by atoms with van der Waals surface area (Å²) in [7, 11) is 0. The third-order valence-corrected chi connectivity index (χ3v) is 3.33. The second kappa shape index (κ2) is 4.86. The first-order valence-electron chi connectivity index (χ1n) is 6.35. The minimum Gasteiger partial charge on any atom is -0.316 e. The Morgan fingerprint density at radius 2 is 2.22 bits per heavy atom. The Hall–Kier alpha value is -1.75. The van der Waals surface area contributed by atoms with Crippen LogP contribution in [0, 0.1) is 12.8 Å². The summed E-state index contributed by atoms with van der Waals surface area (Å²) in [4.78, 5) is 8.92. The number of H-pyrrole nitrogens is 1. The van der Waals surface area contributed by atoms with Gasteiger partial charge in [0.2, 0.25) is 0 Å². The van der Waals surface area contributed by atoms with Crippen molar-refractivity contribution in [2.24, 2.45) is 5.92 Å². The lowest BCUT2D eigenvalue weighted by Gasteiger charge is -2.06. The van der Waals surface area contributed by atoms with E-state index in [0.29, 0.717) is 5.92 Å². The van der Waals surface area contributed by atoms with Gasteiger partial charge in [-0.15, -0.1) is 0 Å². The lowest BCUT2D eigenvalue weighted by Crippen LogP contribution is -2.11. The molecule has 0 amide bonds. The van der Waals surface area contributed by atoms with E-state index in [2.05, 4.69) is 25.5 Å². The van der Waals surface area contributed by atoms with E-state index in [1.54, 1.807) is 0 Å². The summed E-state index contributed by atoms with van der Waals surface area (Å²) in [5.41, 5.74) is 3.79. The number of aromatic nitrogens is 4. The van der Waals surface area contributed by atoms with Crippen LogP contribution in [0.25, 0.3) is 11.4 Å². The van der Waals surface area contributed by atoms with Gasteiger partial charge in [0.1, 0.15) is 11.4 Å². The molecule has 5 nitrogen and oxygen atoms in total. The number of aryl methyl sites for hydroxylation is 1. The highest BCUT2D eigenvalue weighted by Crippen LogP contribution is 2.16. The van der Waals surface area contributed by atoms with Crippen molar-refractivity contribution in [2.45, 2.75) is 19.8 Å². The van der Waals surface area contributed by atoms with Crippen LogP contribution >= 0.6 is 0 Å². The Morgan fingerprint density at radius 3 is 2.83 bits per heavy atom. The number of rotatable bonds is 3. The molecule has 1 aliphatic heterocycles. The van der Waals surface area contributed by atoms with E-state index in [1.807, 2.05) is 25.4 Å². The zero-order chi connectivity index (χ0) is 12.4. The maximum atomic E-state index is 4.48. The molecule has 0 spiro atoms. The average molecular weight is 243 g/mol. The molecular formula is C13H17N5. The monoisotopic (exact) mass is 243 g/mol. The normalized spacial score (nSPS) is 19.3. The van der Waals surface area contributed by atoms with Gasteiger partial charge in [-0.1, -0.05) is 0 Å². The molecule has 3 heterocycles. The summed E-state index contributed by atoms with van der Waals surface area (Å²) in [6.07, 6.45) is 5.94. The molecule has 18 heavy (non-hydrogen) atoms. The van der Waals surface area contributed by atoms with Crippen molar-refractivity contribution in [3.05, 3.63) is 29.8 Å². The van der Waals surface area contributed by atoms with Crippen LogP contribution < -0.4 is 5.32 Å². The lowest BCUT2D eigenvalue weighted by atomic mass is 10.0. The van der Waals surface area contributed by atoms with Crippen molar-refractivity contribution < 1.29 is 0 Å². The second-order valence-electron chi connectivity index (χ2n) is 4.89. The summed E-state index contributed by atoms with van der Waals surface area (Å²) in [5, 5.41) is 10.5. The largest absolute Gasteiger partial charge is 0.316 e. The van der Waals surface area contributed by atoms with Gasteiger partial charge in [0.15, 0.2) is 0 Å². The first-order chi connectivity index (χ1) is 8.81. The third-order valence-electron chi connectivity index (χ3n) is 3.33. The molecule has 2 N–H and O–H groups in total. The van der Waals surface area contributed by atoms with E-state index < -0.39 is 0 Å². The molecule has 0 aliphatic carbocycles. The summed E-state index contributed by atoms with van der Waals surface area (Å²) in [6, 6.07) is 1.98. The highest BCUT2D eigenvalue weighted by atomic mass is 15.1. The Bertz CT molecular complexity index is 510. The van der Waals surface area contributed by atoms with Gasteiger partial charge in [-0.2, -0.15) is 5.10 Å². The number of hydrogen-bond acceptors (Lipinski definition) is 4. The third kappa shape index (κ3) is 2.41. The van der Waals surface area contributed by atoms with Crippen LogP contribution in [0.4, 0.5) is 0 Å². The number of nitrogens with zero attached hydrogens (tertiary/aromatic N) is 3. The van der Waals surface area contributed by atoms with Gasteiger partial charge in [-0.3, -0.25) is 15.1 Å². The standard InChI is InChI=1S/C13H17N5/c1-9-4-12(18-17-9)13-8-15-11(7-16-13)5-10-2-3-14-6-10/h4,7-8,10,14H,2-3,5-6H2,1H3,(H,17,18). The van der Waals surface area contributed by atoms with Crippen LogP contribution in [0.5, 0.6) is 0 Å². The van der Waals surface area contributed by atoms with Gasteiger partial charge in [-0.05, 0) is 44.8 Å². The smallest absolute Gasteiger partial charge is 0.112 e. The zero-order valence-electron chi connectivity index (χ0n) is 10.5. The van der Waals surface area contributed by atoms with Gasteiger partial charge in [-0.25, -0.2) is 0 Å². The molecule has 5 heteroatoms. The predicted molar refractivity (Wildman–Crippen MR) is 69.0 cm³/mol. The van der Waals surface area contributed by atoms with E-state index in [1.165, 1.54) is 6.42 Å². The molecule has 1 saturated heterocycles. The van der Waals surface area contributed by atoms with Gasteiger partial charge in [0, 0.05) is 11.9 Å². The van der Waals surface area contributed by atoms with Crippen molar-refractivity contribution in [1.29, 1.82) is 0 Å². The van der Waals surface area contributed by atoms with Gasteiger partial charge in [0.05, 0.1) is 11.9 Å². The van der Waals surface area contributed by atoms with Crippen molar-refractivity contribution in [3.8, 4) is 11.4 Å². The molecule has 0 bridgehead atoms. The van der Waals surface area contributed by atoms with Gasteiger partial charge < -0.3 is 5.32 Å². The summed E-state index contributed by atoms with van der Waals surface area (Å²) in [6.45, 7) is 4.20. The van der Waals surface area contributed by atoms with Crippen LogP contribution in [-0.2, 0) is 6.42 Å². The molecule has 1 fully saturated rings. The summed E-state index contributed by atoms with van der Waals surface area (Å²) < 4.78 is 0. The molecule has 0 radical (unpaired) electrons. The van der Waals surface area contributed by atoms with E-state index in [0.717, 1.165) is 42.3 Å². The van der Waals surface area contributed by atoms with Gasteiger partial charge >= 0.3 is 0 Å². The minimum atomic E-state index is 0.706. The number of nitrogens with one attached hydrogen (secondary N) is 2. The van der Waals surface area contributed by atoms with Crippen molar-refractivity contribution in [2.75, 3.05) is 13.1 Å². The second-order valence-corrected chi connectivity index (χ2v) is 4.89. The molecule has 94 valence electrons. The molecule has 1 unspecified atom stereocenters. The quantitative estimate of drug-likeness (QED) is 0.853. The molecule has 0 saturated carbocycles. The Labute approximate surface area is 106 Å². The Morgan fingerprint density at radius 1 is 1.28 bits per heavy atom. The van der Waals surface area contributed by atoms with Gasteiger partial charge in [0.25, 0.3) is 0 Å². The maximum Gasteiger partial charge on any atom is 0.112 e. The SMILES string of the molecule is Cc1cc(-c2cnc(CC3CCNC3)cn2)n[nH]1. The topological polar surface area (TPSA) is 66.5 Å². The fourth-order valence-corrected chi connectivity index (χ4v) is 2.33. The summed E-state index contributed by atoms with van der Waals surface area (Å²) >= 11 is 0. The number of hydrogen-bond donors (Lipinski definition) is 2. The lowest BCUT2D eigenvalue weighted by molar-refractivity contribution is 0.570. The summed E-state index contributed by atoms with van der Waals surface area (Å²) in [5.74, 6) is 0.706. The van der Waals surface area contributed by atoms with E-state index >= 15 is 0 Å². The van der Waals surface area contributed by atoms with Crippen molar-refractivity contribution in [3.63, 3.8) is 0 Å². The Balaban J connectivity index is 1.72. The van der Waals surface area contributed by atoms with E-state index in [4.69, 9.17) is 0 Å². The fourth-order valence-electron chi connectivity index (χ4n) is 2.33. The first-order valence-corrected chi connectivity index (χ1v) is 6.35. The number of aromatic amines is 1. The molecule has 3 rings (SSSR count). The molecule has 1 atom stereocenters. The van der Waals surface area contributed by atoms with Crippen molar-refractivity contribution in [1.82, 2.24) is 25.5 Å². The van der Waals surface area contributed by atoms with E-state index in [-0.39, 0.29) is 0 Å². The van der Waals surface area contributed by atoms with Crippen LogP contribution in [0.1, 0.15) is 17.8 Å². The van der Waals surface area contributed by atoms with Crippen LogP contribution in [0.15, 0.2) is 18.5 Å². The molecule has 1 aliphatic rings. The molecule has 2 aromatic heterocycles. The van der Waals surface area contributed by atoms with Crippen LogP contribution in [0.3, 0.4) is 0 Å². The highest BCUT2D eigenvalue weighted by molar-refractivity contribution is 5.52. The fraction of sp³-hybridized carbons (Fsp3) is 0.462. The molecule has 0 aromatic carbocycles. The van der Waals surface area contributed by atoms with E-state index in [9.17, 15) is 0 Å². The average Bonchev–Trinajstić information content (AvgIpc) is 3.02. The van der Waals surface area contributed by atoms with Crippen LogP contribution in [0.2, 0.25) is 0 Å². The molecule has 2 aromatic rings. The van der Waals surface area contributed by atoms with Crippen LogP contribution in [-0.4, -0.2) is 33.3 Å².